The smallest absolute Gasteiger partial charge is 0.243 e. The lowest BCUT2D eigenvalue weighted by atomic mass is 9.91. The second-order valence-corrected chi connectivity index (χ2v) is 8.76. The third kappa shape index (κ3) is 4.71. The largest absolute Gasteiger partial charge is 0.352 e. The van der Waals surface area contributed by atoms with E-state index in [2.05, 4.69) is 10.3 Å². The summed E-state index contributed by atoms with van der Waals surface area (Å²) in [4.78, 5) is 15.8. The van der Waals surface area contributed by atoms with Gasteiger partial charge < -0.3 is 5.32 Å². The summed E-state index contributed by atoms with van der Waals surface area (Å²) in [6, 6.07) is 6.96. The number of fused-ring (bicyclic) bond motifs is 1. The van der Waals surface area contributed by atoms with Gasteiger partial charge in [0.15, 0.2) is 0 Å². The molecule has 0 spiro atoms. The SMILES string of the molecule is CC(NC(=O)CCl)C1CCN(S(=O)(=O)c2cccc3cnccc23)CC1.Cl. The second kappa shape index (κ2) is 9.19. The molecule has 0 saturated carbocycles. The molecule has 1 N–H and O–H groups in total. The molecule has 1 amide bonds. The van der Waals surface area contributed by atoms with Crippen molar-refractivity contribution in [1.29, 1.82) is 0 Å². The van der Waals surface area contributed by atoms with Gasteiger partial charge in [-0.05, 0) is 37.8 Å². The van der Waals surface area contributed by atoms with Gasteiger partial charge in [0, 0.05) is 42.3 Å². The molecule has 27 heavy (non-hydrogen) atoms. The molecule has 148 valence electrons. The van der Waals surface area contributed by atoms with Crippen LogP contribution in [-0.2, 0) is 14.8 Å². The number of halogens is 2. The minimum Gasteiger partial charge on any atom is -0.352 e. The number of piperidine rings is 1. The van der Waals surface area contributed by atoms with Crippen molar-refractivity contribution in [2.45, 2.75) is 30.7 Å². The number of carbonyl (C=O) groups excluding carboxylic acids is 1. The third-order valence-electron chi connectivity index (χ3n) is 4.97. The number of aromatic nitrogens is 1. The van der Waals surface area contributed by atoms with Crippen molar-refractivity contribution >= 4 is 50.7 Å². The molecule has 1 fully saturated rings. The number of nitrogens with zero attached hydrogens (tertiary/aromatic N) is 2. The lowest BCUT2D eigenvalue weighted by Gasteiger charge is -2.34. The number of amides is 1. The fourth-order valence-corrected chi connectivity index (χ4v) is 5.24. The van der Waals surface area contributed by atoms with Gasteiger partial charge in [0.05, 0.1) is 4.90 Å². The van der Waals surface area contributed by atoms with E-state index in [1.165, 1.54) is 4.31 Å². The van der Waals surface area contributed by atoms with Crippen LogP contribution in [0.25, 0.3) is 10.8 Å². The summed E-state index contributed by atoms with van der Waals surface area (Å²) in [7, 11) is -3.57. The quantitative estimate of drug-likeness (QED) is 0.737. The Labute approximate surface area is 170 Å². The standard InChI is InChI=1S/C18H22ClN3O3S.ClH/c1-13(21-18(23)11-19)14-6-9-22(10-7-14)26(24,25)17-4-2-3-15-12-20-8-5-16(15)17;/h2-5,8,12-14H,6-7,9-11H2,1H3,(H,21,23);1H. The van der Waals surface area contributed by atoms with E-state index in [9.17, 15) is 13.2 Å². The number of hydrogen-bond donors (Lipinski definition) is 1. The first kappa shape index (κ1) is 21.9. The predicted octanol–water partition coefficient (Wildman–Crippen LogP) is 2.80. The molecule has 6 nitrogen and oxygen atoms in total. The van der Waals surface area contributed by atoms with Crippen molar-refractivity contribution in [2.75, 3.05) is 19.0 Å². The normalized spacial score (nSPS) is 17.3. The van der Waals surface area contributed by atoms with E-state index in [1.54, 1.807) is 30.6 Å². The van der Waals surface area contributed by atoms with Crippen LogP contribution in [0.2, 0.25) is 0 Å². The average molecular weight is 432 g/mol. The summed E-state index contributed by atoms with van der Waals surface area (Å²) in [6.45, 7) is 2.82. The van der Waals surface area contributed by atoms with Crippen LogP contribution in [0.5, 0.6) is 0 Å². The second-order valence-electron chi connectivity index (χ2n) is 6.58. The lowest BCUT2D eigenvalue weighted by molar-refractivity contribution is -0.119. The van der Waals surface area contributed by atoms with Crippen LogP contribution in [0.1, 0.15) is 19.8 Å². The highest BCUT2D eigenvalue weighted by Gasteiger charge is 2.32. The molecule has 0 radical (unpaired) electrons. The third-order valence-corrected chi connectivity index (χ3v) is 7.17. The van der Waals surface area contributed by atoms with Crippen molar-refractivity contribution in [1.82, 2.24) is 14.6 Å². The molecule has 0 bridgehead atoms. The molecule has 1 aromatic carbocycles. The van der Waals surface area contributed by atoms with Crippen LogP contribution in [0, 0.1) is 5.92 Å². The van der Waals surface area contributed by atoms with E-state index in [1.807, 2.05) is 13.0 Å². The molecule has 1 atom stereocenters. The number of rotatable bonds is 5. The summed E-state index contributed by atoms with van der Waals surface area (Å²) in [6.07, 6.45) is 4.68. The fourth-order valence-electron chi connectivity index (χ4n) is 3.48. The first-order chi connectivity index (χ1) is 12.4. The average Bonchev–Trinajstić information content (AvgIpc) is 2.67. The van der Waals surface area contributed by atoms with Gasteiger partial charge in [-0.3, -0.25) is 9.78 Å². The van der Waals surface area contributed by atoms with E-state index >= 15 is 0 Å². The lowest BCUT2D eigenvalue weighted by Crippen LogP contribution is -2.45. The van der Waals surface area contributed by atoms with Gasteiger partial charge in [-0.2, -0.15) is 4.31 Å². The molecular weight excluding hydrogens is 409 g/mol. The zero-order valence-electron chi connectivity index (χ0n) is 15.0. The molecule has 1 aliphatic rings. The zero-order valence-corrected chi connectivity index (χ0v) is 17.4. The minimum atomic E-state index is -3.57. The maximum Gasteiger partial charge on any atom is 0.243 e. The van der Waals surface area contributed by atoms with Crippen LogP contribution in [0.3, 0.4) is 0 Å². The van der Waals surface area contributed by atoms with E-state index in [4.69, 9.17) is 11.6 Å². The van der Waals surface area contributed by atoms with Gasteiger partial charge in [0.1, 0.15) is 5.88 Å². The molecule has 0 aliphatic carbocycles. The van der Waals surface area contributed by atoms with Crippen molar-refractivity contribution in [3.63, 3.8) is 0 Å². The van der Waals surface area contributed by atoms with E-state index in [0.717, 1.165) is 5.39 Å². The van der Waals surface area contributed by atoms with Crippen LogP contribution in [-0.4, -0.2) is 48.6 Å². The molecule has 3 rings (SSSR count). The van der Waals surface area contributed by atoms with E-state index < -0.39 is 10.0 Å². The Morgan fingerprint density at radius 2 is 2.04 bits per heavy atom. The topological polar surface area (TPSA) is 79.4 Å². The van der Waals surface area contributed by atoms with Gasteiger partial charge in [0.2, 0.25) is 15.9 Å². The predicted molar refractivity (Wildman–Crippen MR) is 109 cm³/mol. The molecule has 9 heteroatoms. The highest BCUT2D eigenvalue weighted by molar-refractivity contribution is 7.89. The minimum absolute atomic E-state index is 0. The molecule has 1 unspecified atom stereocenters. The van der Waals surface area contributed by atoms with Crippen molar-refractivity contribution in [3.8, 4) is 0 Å². The maximum atomic E-state index is 13.1. The number of sulfonamides is 1. The number of hydrogen-bond acceptors (Lipinski definition) is 4. The summed E-state index contributed by atoms with van der Waals surface area (Å²) < 4.78 is 27.8. The molecule has 2 heterocycles. The highest BCUT2D eigenvalue weighted by Crippen LogP contribution is 2.29. The fraction of sp³-hybridized carbons (Fsp3) is 0.444. The Morgan fingerprint density at radius 1 is 1.33 bits per heavy atom. The van der Waals surface area contributed by atoms with Crippen molar-refractivity contribution in [3.05, 3.63) is 36.7 Å². The van der Waals surface area contributed by atoms with E-state index in [-0.39, 0.29) is 36.2 Å². The summed E-state index contributed by atoms with van der Waals surface area (Å²) in [5, 5.41) is 4.36. The number of pyridine rings is 1. The Hall–Kier alpha value is -1.41. The van der Waals surface area contributed by atoms with Gasteiger partial charge in [0.25, 0.3) is 0 Å². The van der Waals surface area contributed by atoms with Gasteiger partial charge in [-0.15, -0.1) is 24.0 Å². The van der Waals surface area contributed by atoms with Crippen LogP contribution in [0.4, 0.5) is 0 Å². The summed E-state index contributed by atoms with van der Waals surface area (Å²) in [5.74, 6) is -0.0167. The first-order valence-corrected chi connectivity index (χ1v) is 10.6. The van der Waals surface area contributed by atoms with Gasteiger partial charge >= 0.3 is 0 Å². The number of carbonyl (C=O) groups is 1. The monoisotopic (exact) mass is 431 g/mol. The van der Waals surface area contributed by atoms with Crippen LogP contribution < -0.4 is 5.32 Å². The zero-order chi connectivity index (χ0) is 18.7. The van der Waals surface area contributed by atoms with Crippen molar-refractivity contribution < 1.29 is 13.2 Å². The molecule has 1 aromatic heterocycles. The molecule has 1 saturated heterocycles. The Bertz CT molecular complexity index is 894. The molecule has 1 aliphatic heterocycles. The molecular formula is C18H23Cl2N3O3S. The van der Waals surface area contributed by atoms with Crippen LogP contribution >= 0.6 is 24.0 Å². The van der Waals surface area contributed by atoms with Gasteiger partial charge in [-0.1, -0.05) is 12.1 Å². The summed E-state index contributed by atoms with van der Waals surface area (Å²) >= 11 is 5.53. The number of benzene rings is 1. The first-order valence-electron chi connectivity index (χ1n) is 8.61. The maximum absolute atomic E-state index is 13.1. The Balaban J connectivity index is 0.00000261. The Morgan fingerprint density at radius 3 is 2.70 bits per heavy atom. The Kier molecular flexibility index (Phi) is 7.45. The molecule has 2 aromatic rings. The van der Waals surface area contributed by atoms with Crippen LogP contribution in [0.15, 0.2) is 41.6 Å². The number of alkyl halides is 1. The highest BCUT2D eigenvalue weighted by atomic mass is 35.5. The van der Waals surface area contributed by atoms with Gasteiger partial charge in [-0.25, -0.2) is 8.42 Å². The number of nitrogens with one attached hydrogen (secondary N) is 1. The van der Waals surface area contributed by atoms with E-state index in [0.29, 0.717) is 36.2 Å². The van der Waals surface area contributed by atoms with Crippen molar-refractivity contribution in [2.24, 2.45) is 5.92 Å². The summed E-state index contributed by atoms with van der Waals surface area (Å²) in [5.41, 5.74) is 0.